The standard InChI is InChI=1S/C14H18N4O2S/c1-7-8(2)16-17-13-10(7)11(15)12(21-13)14(19)18-5-4-9(6-18)20-3/h9H,4-6,15H2,1-3H3. The number of ether oxygens (including phenoxy) is 1. The van der Waals surface area contributed by atoms with Crippen LogP contribution in [0.2, 0.25) is 0 Å². The van der Waals surface area contributed by atoms with E-state index in [0.29, 0.717) is 23.7 Å². The van der Waals surface area contributed by atoms with Crippen molar-refractivity contribution in [1.29, 1.82) is 0 Å². The molecule has 3 rings (SSSR count). The third kappa shape index (κ3) is 2.26. The number of nitrogens with zero attached hydrogens (tertiary/aromatic N) is 3. The quantitative estimate of drug-likeness (QED) is 0.914. The van der Waals surface area contributed by atoms with Crippen LogP contribution in [0.1, 0.15) is 27.3 Å². The second kappa shape index (κ2) is 5.23. The van der Waals surface area contributed by atoms with E-state index in [1.807, 2.05) is 13.8 Å². The van der Waals surface area contributed by atoms with Gasteiger partial charge in [0.1, 0.15) is 9.71 Å². The summed E-state index contributed by atoms with van der Waals surface area (Å²) in [7, 11) is 1.67. The van der Waals surface area contributed by atoms with Gasteiger partial charge < -0.3 is 15.4 Å². The number of methoxy groups -OCH3 is 1. The molecular weight excluding hydrogens is 288 g/mol. The molecule has 6 nitrogen and oxygen atoms in total. The highest BCUT2D eigenvalue weighted by Gasteiger charge is 2.30. The zero-order chi connectivity index (χ0) is 15.1. The number of hydrogen-bond acceptors (Lipinski definition) is 6. The van der Waals surface area contributed by atoms with Crippen LogP contribution in [0.3, 0.4) is 0 Å². The summed E-state index contributed by atoms with van der Waals surface area (Å²) >= 11 is 1.32. The van der Waals surface area contributed by atoms with Gasteiger partial charge in [-0.25, -0.2) is 0 Å². The van der Waals surface area contributed by atoms with Gasteiger partial charge in [0.15, 0.2) is 0 Å². The van der Waals surface area contributed by atoms with Crippen molar-refractivity contribution < 1.29 is 9.53 Å². The van der Waals surface area contributed by atoms with Crippen molar-refractivity contribution in [2.24, 2.45) is 0 Å². The molecule has 3 heterocycles. The molecule has 2 N–H and O–H groups in total. The fourth-order valence-corrected chi connectivity index (χ4v) is 3.72. The number of nitrogen functional groups attached to an aromatic ring is 1. The topological polar surface area (TPSA) is 81.3 Å². The fraction of sp³-hybridized carbons (Fsp3) is 0.500. The number of fused-ring (bicyclic) bond motifs is 1. The van der Waals surface area contributed by atoms with E-state index in [1.54, 1.807) is 12.0 Å². The Kier molecular flexibility index (Phi) is 3.54. The molecule has 1 aliphatic heterocycles. The number of aromatic nitrogens is 2. The molecule has 1 atom stereocenters. The van der Waals surface area contributed by atoms with Gasteiger partial charge in [-0.05, 0) is 25.8 Å². The molecular formula is C14H18N4O2S. The average molecular weight is 306 g/mol. The number of carbonyl (C=O) groups is 1. The highest BCUT2D eigenvalue weighted by atomic mass is 32.1. The summed E-state index contributed by atoms with van der Waals surface area (Å²) in [5.74, 6) is -0.0351. The van der Waals surface area contributed by atoms with E-state index in [-0.39, 0.29) is 12.0 Å². The SMILES string of the molecule is COC1CCN(C(=O)c2sc3nnc(C)c(C)c3c2N)C1. The number of nitrogens with two attached hydrogens (primary N) is 1. The van der Waals surface area contributed by atoms with Crippen molar-refractivity contribution in [2.45, 2.75) is 26.4 Å². The van der Waals surface area contributed by atoms with Gasteiger partial charge in [0.25, 0.3) is 5.91 Å². The van der Waals surface area contributed by atoms with Crippen LogP contribution < -0.4 is 5.73 Å². The smallest absolute Gasteiger partial charge is 0.266 e. The molecule has 1 fully saturated rings. The zero-order valence-electron chi connectivity index (χ0n) is 12.3. The Morgan fingerprint density at radius 3 is 2.86 bits per heavy atom. The molecule has 1 unspecified atom stereocenters. The van der Waals surface area contributed by atoms with Gasteiger partial charge in [-0.1, -0.05) is 0 Å². The number of thiophene rings is 1. The number of likely N-dealkylation sites (tertiary alicyclic amines) is 1. The van der Waals surface area contributed by atoms with Gasteiger partial charge in [0.2, 0.25) is 0 Å². The van der Waals surface area contributed by atoms with Gasteiger partial charge in [0, 0.05) is 25.6 Å². The predicted octanol–water partition coefficient (Wildman–Crippen LogP) is 1.75. The first-order valence-corrected chi connectivity index (χ1v) is 7.68. The zero-order valence-corrected chi connectivity index (χ0v) is 13.2. The number of carbonyl (C=O) groups excluding carboxylic acids is 1. The lowest BCUT2D eigenvalue weighted by atomic mass is 10.1. The van der Waals surface area contributed by atoms with Crippen LogP contribution in [-0.4, -0.2) is 47.3 Å². The highest BCUT2D eigenvalue weighted by Crippen LogP contribution is 2.36. The lowest BCUT2D eigenvalue weighted by molar-refractivity contribution is 0.0729. The van der Waals surface area contributed by atoms with Crippen LogP contribution in [0, 0.1) is 13.8 Å². The Balaban J connectivity index is 2.00. The lowest BCUT2D eigenvalue weighted by Gasteiger charge is -2.15. The van der Waals surface area contributed by atoms with Gasteiger partial charge >= 0.3 is 0 Å². The van der Waals surface area contributed by atoms with E-state index in [4.69, 9.17) is 10.5 Å². The largest absolute Gasteiger partial charge is 0.397 e. The van der Waals surface area contributed by atoms with E-state index >= 15 is 0 Å². The minimum Gasteiger partial charge on any atom is -0.397 e. The van der Waals surface area contributed by atoms with E-state index < -0.39 is 0 Å². The van der Waals surface area contributed by atoms with Crippen molar-refractivity contribution in [3.8, 4) is 0 Å². The monoisotopic (exact) mass is 306 g/mol. The first kappa shape index (κ1) is 14.2. The molecule has 1 aliphatic rings. The van der Waals surface area contributed by atoms with Crippen molar-refractivity contribution in [2.75, 3.05) is 25.9 Å². The van der Waals surface area contributed by atoms with Crippen LogP contribution in [0.25, 0.3) is 10.2 Å². The molecule has 0 radical (unpaired) electrons. The first-order valence-electron chi connectivity index (χ1n) is 6.86. The highest BCUT2D eigenvalue weighted by molar-refractivity contribution is 7.21. The fourth-order valence-electron chi connectivity index (χ4n) is 2.65. The molecule has 21 heavy (non-hydrogen) atoms. The molecule has 7 heteroatoms. The molecule has 0 bridgehead atoms. The van der Waals surface area contributed by atoms with Crippen LogP contribution >= 0.6 is 11.3 Å². The van der Waals surface area contributed by atoms with Crippen molar-refractivity contribution >= 4 is 33.1 Å². The summed E-state index contributed by atoms with van der Waals surface area (Å²) in [5, 5.41) is 9.12. The predicted molar refractivity (Wildman–Crippen MR) is 82.6 cm³/mol. The molecule has 2 aromatic heterocycles. The summed E-state index contributed by atoms with van der Waals surface area (Å²) in [6.07, 6.45) is 0.985. The van der Waals surface area contributed by atoms with Crippen LogP contribution in [0.5, 0.6) is 0 Å². The number of hydrogen-bond donors (Lipinski definition) is 1. The van der Waals surface area contributed by atoms with Crippen LogP contribution in [0.15, 0.2) is 0 Å². The Bertz CT molecular complexity index is 713. The van der Waals surface area contributed by atoms with Crippen LogP contribution in [-0.2, 0) is 4.74 Å². The molecule has 0 aromatic carbocycles. The number of aryl methyl sites for hydroxylation is 2. The molecule has 112 valence electrons. The van der Waals surface area contributed by atoms with Gasteiger partial charge in [-0.3, -0.25) is 4.79 Å². The minimum atomic E-state index is -0.0351. The normalized spacial score (nSPS) is 18.6. The second-order valence-corrected chi connectivity index (χ2v) is 6.33. The molecule has 1 saturated heterocycles. The summed E-state index contributed by atoms with van der Waals surface area (Å²) in [6.45, 7) is 5.17. The minimum absolute atomic E-state index is 0.0351. The Morgan fingerprint density at radius 1 is 1.43 bits per heavy atom. The van der Waals surface area contributed by atoms with E-state index in [2.05, 4.69) is 10.2 Å². The maximum atomic E-state index is 12.6. The van der Waals surface area contributed by atoms with E-state index in [1.165, 1.54) is 11.3 Å². The number of amides is 1. The maximum Gasteiger partial charge on any atom is 0.266 e. The third-order valence-corrected chi connectivity index (χ3v) is 5.17. The molecule has 2 aromatic rings. The summed E-state index contributed by atoms with van der Waals surface area (Å²) in [4.78, 5) is 15.7. The first-order chi connectivity index (χ1) is 10.0. The van der Waals surface area contributed by atoms with Gasteiger partial charge in [-0.2, -0.15) is 5.10 Å². The molecule has 1 amide bonds. The summed E-state index contributed by atoms with van der Waals surface area (Å²) in [6, 6.07) is 0. The van der Waals surface area contributed by atoms with Gasteiger partial charge in [-0.15, -0.1) is 16.4 Å². The average Bonchev–Trinajstić information content (AvgIpc) is 3.07. The van der Waals surface area contributed by atoms with E-state index in [9.17, 15) is 4.79 Å². The molecule has 0 aliphatic carbocycles. The molecule has 0 saturated carbocycles. The van der Waals surface area contributed by atoms with Gasteiger partial charge in [0.05, 0.1) is 17.5 Å². The third-order valence-electron chi connectivity index (χ3n) is 4.09. The Hall–Kier alpha value is -1.73. The van der Waals surface area contributed by atoms with Crippen molar-refractivity contribution in [3.63, 3.8) is 0 Å². The van der Waals surface area contributed by atoms with Crippen molar-refractivity contribution in [1.82, 2.24) is 15.1 Å². The lowest BCUT2D eigenvalue weighted by Crippen LogP contribution is -2.29. The van der Waals surface area contributed by atoms with Crippen molar-refractivity contribution in [3.05, 3.63) is 16.1 Å². The number of anilines is 1. The molecule has 0 spiro atoms. The summed E-state index contributed by atoms with van der Waals surface area (Å²) < 4.78 is 5.31. The van der Waals surface area contributed by atoms with E-state index in [0.717, 1.165) is 27.9 Å². The van der Waals surface area contributed by atoms with Crippen LogP contribution in [0.4, 0.5) is 5.69 Å². The second-order valence-electron chi connectivity index (χ2n) is 5.33. The maximum absolute atomic E-state index is 12.6. The number of rotatable bonds is 2. The Labute approximate surface area is 126 Å². The Morgan fingerprint density at radius 2 is 2.19 bits per heavy atom. The summed E-state index contributed by atoms with van der Waals surface area (Å²) in [5.41, 5.74) is 8.56.